The van der Waals surface area contributed by atoms with E-state index in [0.717, 1.165) is 0 Å². The third kappa shape index (κ3) is 8.85. The Morgan fingerprint density at radius 3 is 2.07 bits per heavy atom. The van der Waals surface area contributed by atoms with Crippen molar-refractivity contribution in [2.45, 2.75) is 72.7 Å². The predicted molar refractivity (Wildman–Crippen MR) is 104 cm³/mol. The number of hydrogen-bond acceptors (Lipinski definition) is 4. The number of carbonyl (C=O) groups excluding carboxylic acids is 1. The van der Waals surface area contributed by atoms with E-state index in [0.29, 0.717) is 6.92 Å². The van der Waals surface area contributed by atoms with Crippen LogP contribution in [0.4, 0.5) is 8.78 Å². The average Bonchev–Trinajstić information content (AvgIpc) is 2.55. The SMILES string of the molecule is CC.CC(C)C[C@H](NP(=O)(Oc1ccccc1)C(C)(F)F)C(=O)OC(C)C. The molecular formula is C19H32F2NO4P. The second-order valence-electron chi connectivity index (χ2n) is 6.59. The number of carbonyl (C=O) groups is 1. The first-order valence-electron chi connectivity index (χ1n) is 9.15. The fourth-order valence-electron chi connectivity index (χ4n) is 2.04. The number of halogens is 2. The molecule has 5 nitrogen and oxygen atoms in total. The minimum Gasteiger partial charge on any atom is -0.462 e. The van der Waals surface area contributed by atoms with Gasteiger partial charge in [-0.05, 0) is 38.3 Å². The molecule has 1 N–H and O–H groups in total. The van der Waals surface area contributed by atoms with E-state index in [2.05, 4.69) is 5.09 Å². The summed E-state index contributed by atoms with van der Waals surface area (Å²) < 4.78 is 51.3. The lowest BCUT2D eigenvalue weighted by molar-refractivity contribution is -0.150. The molecule has 0 bridgehead atoms. The summed E-state index contributed by atoms with van der Waals surface area (Å²) in [6.07, 6.45) is -0.232. The molecular weight excluding hydrogens is 375 g/mol. The van der Waals surface area contributed by atoms with Gasteiger partial charge in [0.05, 0.1) is 6.10 Å². The second kappa shape index (κ2) is 11.4. The van der Waals surface area contributed by atoms with Crippen LogP contribution in [0.3, 0.4) is 0 Å². The van der Waals surface area contributed by atoms with Crippen LogP contribution in [-0.2, 0) is 14.1 Å². The maximum Gasteiger partial charge on any atom is 0.385 e. The Hall–Kier alpha value is -1.46. The molecule has 156 valence electrons. The zero-order chi connectivity index (χ0) is 21.3. The molecule has 0 spiro atoms. The molecule has 0 aromatic heterocycles. The summed E-state index contributed by atoms with van der Waals surface area (Å²) in [5.74, 6) is -0.710. The summed E-state index contributed by atoms with van der Waals surface area (Å²) >= 11 is 0. The summed E-state index contributed by atoms with van der Waals surface area (Å²) in [5.41, 5.74) is -3.68. The summed E-state index contributed by atoms with van der Waals surface area (Å²) in [6.45, 7) is 11.5. The molecule has 0 fully saturated rings. The lowest BCUT2D eigenvalue weighted by atomic mass is 10.0. The molecule has 0 amide bonds. The van der Waals surface area contributed by atoms with Crippen molar-refractivity contribution in [1.29, 1.82) is 0 Å². The largest absolute Gasteiger partial charge is 0.462 e. The van der Waals surface area contributed by atoms with Crippen molar-refractivity contribution >= 4 is 13.5 Å². The van der Waals surface area contributed by atoms with E-state index in [1.54, 1.807) is 32.0 Å². The van der Waals surface area contributed by atoms with Crippen LogP contribution in [0.25, 0.3) is 0 Å². The van der Waals surface area contributed by atoms with Gasteiger partial charge >= 0.3 is 19.2 Å². The highest BCUT2D eigenvalue weighted by Crippen LogP contribution is 2.57. The summed E-state index contributed by atoms with van der Waals surface area (Å²) in [7, 11) is -4.72. The first-order chi connectivity index (χ1) is 12.4. The van der Waals surface area contributed by atoms with E-state index >= 15 is 0 Å². The first kappa shape index (κ1) is 25.5. The molecule has 0 saturated heterocycles. The third-order valence-electron chi connectivity index (χ3n) is 3.16. The number of ether oxygens (including phenoxy) is 1. The molecule has 2 atom stereocenters. The molecule has 1 aromatic rings. The summed E-state index contributed by atoms with van der Waals surface area (Å²) in [4.78, 5) is 12.2. The predicted octanol–water partition coefficient (Wildman–Crippen LogP) is 5.85. The fourth-order valence-corrected chi connectivity index (χ4v) is 3.52. The molecule has 0 heterocycles. The highest BCUT2D eigenvalue weighted by atomic mass is 31.2. The van der Waals surface area contributed by atoms with E-state index in [9.17, 15) is 18.1 Å². The monoisotopic (exact) mass is 407 g/mol. The van der Waals surface area contributed by atoms with Gasteiger partial charge in [-0.25, -0.2) is 5.09 Å². The van der Waals surface area contributed by atoms with Crippen LogP contribution in [-0.4, -0.2) is 23.8 Å². The zero-order valence-electron chi connectivity index (χ0n) is 17.2. The number of para-hydroxylation sites is 1. The molecule has 1 aromatic carbocycles. The molecule has 1 rings (SSSR count). The quantitative estimate of drug-likeness (QED) is 0.411. The molecule has 0 aliphatic rings. The van der Waals surface area contributed by atoms with Crippen molar-refractivity contribution < 1.29 is 27.4 Å². The molecule has 0 aliphatic heterocycles. The van der Waals surface area contributed by atoms with Gasteiger partial charge < -0.3 is 9.26 Å². The average molecular weight is 407 g/mol. The first-order valence-corrected chi connectivity index (χ1v) is 10.8. The van der Waals surface area contributed by atoms with E-state index in [4.69, 9.17) is 9.26 Å². The van der Waals surface area contributed by atoms with Crippen molar-refractivity contribution in [2.75, 3.05) is 0 Å². The maximum atomic E-state index is 14.1. The van der Waals surface area contributed by atoms with Gasteiger partial charge in [0.15, 0.2) is 0 Å². The van der Waals surface area contributed by atoms with Gasteiger partial charge in [-0.3, -0.25) is 9.36 Å². The standard InChI is InChI=1S/C17H26F2NO4P.C2H6/c1-12(2)11-15(16(21)23-13(3)4)20-25(22,17(5,18)19)24-14-9-7-6-8-10-14;1-2/h6-10,12-13,15H,11H2,1-5H3,(H,20,22);1-2H3/t15-,25?;/m0./s1. The lowest BCUT2D eigenvalue weighted by Crippen LogP contribution is -2.42. The van der Waals surface area contributed by atoms with Gasteiger partial charge in [0.1, 0.15) is 11.8 Å². The summed E-state index contributed by atoms with van der Waals surface area (Å²) in [5, 5.41) is 2.26. The van der Waals surface area contributed by atoms with Crippen molar-refractivity contribution in [3.8, 4) is 5.75 Å². The Morgan fingerprint density at radius 1 is 1.15 bits per heavy atom. The van der Waals surface area contributed by atoms with E-state index < -0.39 is 31.3 Å². The minimum atomic E-state index is -4.72. The van der Waals surface area contributed by atoms with Crippen LogP contribution in [0.5, 0.6) is 5.75 Å². The zero-order valence-corrected chi connectivity index (χ0v) is 18.1. The van der Waals surface area contributed by atoms with Crippen LogP contribution in [0.15, 0.2) is 30.3 Å². The van der Waals surface area contributed by atoms with Crippen LogP contribution in [0.2, 0.25) is 0 Å². The molecule has 8 heteroatoms. The van der Waals surface area contributed by atoms with Crippen molar-refractivity contribution in [3.63, 3.8) is 0 Å². The van der Waals surface area contributed by atoms with Crippen LogP contribution in [0, 0.1) is 5.92 Å². The molecule has 0 aliphatic carbocycles. The van der Waals surface area contributed by atoms with Crippen molar-refractivity contribution in [3.05, 3.63) is 30.3 Å². The highest BCUT2D eigenvalue weighted by molar-refractivity contribution is 7.58. The van der Waals surface area contributed by atoms with Crippen molar-refractivity contribution in [1.82, 2.24) is 5.09 Å². The topological polar surface area (TPSA) is 64.6 Å². The fraction of sp³-hybridized carbons (Fsp3) is 0.632. The van der Waals surface area contributed by atoms with Crippen LogP contribution in [0.1, 0.15) is 54.9 Å². The molecule has 1 unspecified atom stereocenters. The Kier molecular flexibility index (Phi) is 10.8. The number of nitrogens with one attached hydrogen (secondary N) is 1. The van der Waals surface area contributed by atoms with Gasteiger partial charge in [0.25, 0.3) is 0 Å². The van der Waals surface area contributed by atoms with E-state index in [1.807, 2.05) is 27.7 Å². The van der Waals surface area contributed by atoms with Gasteiger partial charge in [0, 0.05) is 6.92 Å². The molecule has 0 saturated carbocycles. The number of benzene rings is 1. The van der Waals surface area contributed by atoms with Gasteiger partial charge in [-0.15, -0.1) is 0 Å². The molecule has 0 radical (unpaired) electrons. The number of alkyl halides is 2. The second-order valence-corrected chi connectivity index (χ2v) is 8.92. The number of rotatable bonds is 9. The Morgan fingerprint density at radius 2 is 1.67 bits per heavy atom. The Balaban J connectivity index is 0.00000326. The molecule has 27 heavy (non-hydrogen) atoms. The summed E-state index contributed by atoms with van der Waals surface area (Å²) in [6, 6.07) is 6.51. The normalized spacial score (nSPS) is 14.8. The minimum absolute atomic E-state index is 0.00661. The Labute approximate surface area is 161 Å². The van der Waals surface area contributed by atoms with Gasteiger partial charge in [-0.2, -0.15) is 8.78 Å². The van der Waals surface area contributed by atoms with Crippen LogP contribution >= 0.6 is 7.52 Å². The maximum absolute atomic E-state index is 14.1. The van der Waals surface area contributed by atoms with E-state index in [-0.39, 0.29) is 18.1 Å². The third-order valence-corrected chi connectivity index (χ3v) is 5.32. The van der Waals surface area contributed by atoms with Gasteiger partial charge in [0.2, 0.25) is 0 Å². The van der Waals surface area contributed by atoms with E-state index in [1.165, 1.54) is 12.1 Å². The lowest BCUT2D eigenvalue weighted by Gasteiger charge is -2.29. The number of esters is 1. The number of hydrogen-bond donors (Lipinski definition) is 1. The van der Waals surface area contributed by atoms with Crippen LogP contribution < -0.4 is 9.61 Å². The Bertz CT molecular complexity index is 603. The highest BCUT2D eigenvalue weighted by Gasteiger charge is 2.51. The van der Waals surface area contributed by atoms with Gasteiger partial charge in [-0.1, -0.05) is 45.9 Å². The van der Waals surface area contributed by atoms with Crippen molar-refractivity contribution in [2.24, 2.45) is 5.92 Å². The smallest absolute Gasteiger partial charge is 0.385 e.